The van der Waals surface area contributed by atoms with E-state index < -0.39 is 5.97 Å². The Kier molecular flexibility index (Phi) is 7.36. The Morgan fingerprint density at radius 3 is 2.26 bits per heavy atom. The highest BCUT2D eigenvalue weighted by Gasteiger charge is 2.22. The molecule has 0 saturated heterocycles. The topological polar surface area (TPSA) is 36.9 Å². The van der Waals surface area contributed by atoms with E-state index in [0.717, 1.165) is 0 Å². The zero-order chi connectivity index (χ0) is 14.0. The highest BCUT2D eigenvalue weighted by atomic mass is 16.9. The van der Waals surface area contributed by atoms with Crippen LogP contribution in [0, 0.1) is 0 Å². The number of ether oxygens (including phenoxy) is 4. The minimum absolute atomic E-state index is 0.410. The summed E-state index contributed by atoms with van der Waals surface area (Å²) in [6.07, 6.45) is 3.79. The van der Waals surface area contributed by atoms with E-state index in [9.17, 15) is 0 Å². The monoisotopic (exact) mass is 266 g/mol. The SMILES string of the molecule is COC(C)(OC)OC/C=C\COCc1ccccc1. The largest absolute Gasteiger partial charge is 0.373 e. The van der Waals surface area contributed by atoms with Crippen molar-refractivity contribution in [3.8, 4) is 0 Å². The van der Waals surface area contributed by atoms with Gasteiger partial charge in [-0.3, -0.25) is 0 Å². The molecule has 0 aliphatic carbocycles. The molecule has 106 valence electrons. The van der Waals surface area contributed by atoms with Crippen LogP contribution in [0.2, 0.25) is 0 Å². The fraction of sp³-hybridized carbons (Fsp3) is 0.467. The zero-order valence-corrected chi connectivity index (χ0v) is 11.8. The lowest BCUT2D eigenvalue weighted by molar-refractivity contribution is -0.346. The molecule has 0 bridgehead atoms. The molecule has 0 aliphatic rings. The van der Waals surface area contributed by atoms with Gasteiger partial charge in [0.25, 0.3) is 5.97 Å². The van der Waals surface area contributed by atoms with Crippen LogP contribution in [0.5, 0.6) is 0 Å². The average molecular weight is 266 g/mol. The second-order valence-electron chi connectivity index (χ2n) is 4.05. The molecule has 4 heteroatoms. The molecule has 0 aromatic heterocycles. The number of methoxy groups -OCH3 is 2. The van der Waals surface area contributed by atoms with Crippen molar-refractivity contribution in [2.45, 2.75) is 19.5 Å². The van der Waals surface area contributed by atoms with E-state index in [4.69, 9.17) is 18.9 Å². The predicted octanol–water partition coefficient (Wildman–Crippen LogP) is 2.74. The van der Waals surface area contributed by atoms with Gasteiger partial charge in [-0.15, -0.1) is 0 Å². The van der Waals surface area contributed by atoms with Crippen molar-refractivity contribution < 1.29 is 18.9 Å². The molecule has 0 fully saturated rings. The van der Waals surface area contributed by atoms with Crippen molar-refractivity contribution >= 4 is 0 Å². The second kappa shape index (κ2) is 8.82. The lowest BCUT2D eigenvalue weighted by Gasteiger charge is -2.25. The highest BCUT2D eigenvalue weighted by molar-refractivity contribution is 5.13. The van der Waals surface area contributed by atoms with Crippen LogP contribution in [0.3, 0.4) is 0 Å². The molecular weight excluding hydrogens is 244 g/mol. The van der Waals surface area contributed by atoms with Crippen molar-refractivity contribution in [3.05, 3.63) is 48.0 Å². The van der Waals surface area contributed by atoms with Crippen molar-refractivity contribution in [1.82, 2.24) is 0 Å². The molecule has 1 aromatic rings. The van der Waals surface area contributed by atoms with Crippen LogP contribution >= 0.6 is 0 Å². The minimum Gasteiger partial charge on any atom is -0.373 e. The average Bonchev–Trinajstić information content (AvgIpc) is 2.47. The molecule has 1 rings (SSSR count). The van der Waals surface area contributed by atoms with Gasteiger partial charge in [-0.25, -0.2) is 0 Å². The third-order valence-corrected chi connectivity index (χ3v) is 2.68. The second-order valence-corrected chi connectivity index (χ2v) is 4.05. The van der Waals surface area contributed by atoms with Gasteiger partial charge in [-0.2, -0.15) is 0 Å². The summed E-state index contributed by atoms with van der Waals surface area (Å²) in [6.45, 7) is 3.29. The van der Waals surface area contributed by atoms with Crippen LogP contribution in [-0.2, 0) is 25.6 Å². The van der Waals surface area contributed by atoms with Gasteiger partial charge in [0.1, 0.15) is 0 Å². The normalized spacial score (nSPS) is 12.2. The van der Waals surface area contributed by atoms with E-state index in [1.807, 2.05) is 42.5 Å². The quantitative estimate of drug-likeness (QED) is 0.391. The molecule has 4 nitrogen and oxygen atoms in total. The van der Waals surface area contributed by atoms with Crippen LogP contribution < -0.4 is 0 Å². The molecule has 0 saturated carbocycles. The van der Waals surface area contributed by atoms with Crippen molar-refractivity contribution in [1.29, 1.82) is 0 Å². The summed E-state index contributed by atoms with van der Waals surface area (Å²) in [5, 5.41) is 0. The highest BCUT2D eigenvalue weighted by Crippen LogP contribution is 2.11. The Bertz CT molecular complexity index is 358. The lowest BCUT2D eigenvalue weighted by Crippen LogP contribution is -2.33. The summed E-state index contributed by atoms with van der Waals surface area (Å²) in [5.41, 5.74) is 1.17. The smallest absolute Gasteiger partial charge is 0.279 e. The summed E-state index contributed by atoms with van der Waals surface area (Å²) in [6, 6.07) is 10.1. The van der Waals surface area contributed by atoms with E-state index in [2.05, 4.69) is 0 Å². The lowest BCUT2D eigenvalue weighted by atomic mass is 10.2. The van der Waals surface area contributed by atoms with Gasteiger partial charge in [0.15, 0.2) is 0 Å². The maximum absolute atomic E-state index is 5.50. The number of rotatable bonds is 9. The summed E-state index contributed by atoms with van der Waals surface area (Å²) >= 11 is 0. The first kappa shape index (κ1) is 15.9. The summed E-state index contributed by atoms with van der Waals surface area (Å²) in [4.78, 5) is 0. The molecule has 0 aliphatic heterocycles. The Labute approximate surface area is 114 Å². The number of hydrogen-bond acceptors (Lipinski definition) is 4. The molecule has 1 aromatic carbocycles. The van der Waals surface area contributed by atoms with Crippen LogP contribution in [0.4, 0.5) is 0 Å². The van der Waals surface area contributed by atoms with Gasteiger partial charge in [0, 0.05) is 21.1 Å². The van der Waals surface area contributed by atoms with E-state index in [0.29, 0.717) is 19.8 Å². The third kappa shape index (κ3) is 6.50. The predicted molar refractivity (Wildman–Crippen MR) is 73.6 cm³/mol. The van der Waals surface area contributed by atoms with Crippen LogP contribution in [0.15, 0.2) is 42.5 Å². The third-order valence-electron chi connectivity index (χ3n) is 2.68. The van der Waals surface area contributed by atoms with Crippen molar-refractivity contribution in [3.63, 3.8) is 0 Å². The molecule has 19 heavy (non-hydrogen) atoms. The molecule has 0 radical (unpaired) electrons. The van der Waals surface area contributed by atoms with Gasteiger partial charge >= 0.3 is 0 Å². The summed E-state index contributed by atoms with van der Waals surface area (Å²) in [5.74, 6) is -0.991. The van der Waals surface area contributed by atoms with Gasteiger partial charge in [0.05, 0.1) is 19.8 Å². The van der Waals surface area contributed by atoms with E-state index in [1.54, 1.807) is 6.92 Å². The van der Waals surface area contributed by atoms with E-state index in [1.165, 1.54) is 19.8 Å². The molecule has 0 atom stereocenters. The Hall–Kier alpha value is -1.20. The van der Waals surface area contributed by atoms with E-state index in [-0.39, 0.29) is 0 Å². The first-order valence-electron chi connectivity index (χ1n) is 6.21. The van der Waals surface area contributed by atoms with Crippen LogP contribution in [0.1, 0.15) is 12.5 Å². The fourth-order valence-electron chi connectivity index (χ4n) is 1.36. The van der Waals surface area contributed by atoms with E-state index >= 15 is 0 Å². The maximum Gasteiger partial charge on any atom is 0.279 e. The van der Waals surface area contributed by atoms with Crippen molar-refractivity contribution in [2.24, 2.45) is 0 Å². The molecule has 0 N–H and O–H groups in total. The van der Waals surface area contributed by atoms with Gasteiger partial charge in [-0.1, -0.05) is 42.5 Å². The molecule has 0 heterocycles. The van der Waals surface area contributed by atoms with Crippen molar-refractivity contribution in [2.75, 3.05) is 27.4 Å². The summed E-state index contributed by atoms with van der Waals surface area (Å²) in [7, 11) is 3.08. The first-order chi connectivity index (χ1) is 9.20. The fourth-order valence-corrected chi connectivity index (χ4v) is 1.36. The van der Waals surface area contributed by atoms with Gasteiger partial charge in [-0.05, 0) is 5.56 Å². The first-order valence-corrected chi connectivity index (χ1v) is 6.21. The molecule has 0 amide bonds. The van der Waals surface area contributed by atoms with Crippen LogP contribution in [-0.4, -0.2) is 33.4 Å². The molecule has 0 unspecified atom stereocenters. The van der Waals surface area contributed by atoms with Gasteiger partial charge < -0.3 is 18.9 Å². The maximum atomic E-state index is 5.50. The Balaban J connectivity index is 2.11. The zero-order valence-electron chi connectivity index (χ0n) is 11.8. The standard InChI is InChI=1S/C15H22O4/c1-15(16-2,17-3)19-12-8-7-11-18-13-14-9-5-4-6-10-14/h4-10H,11-13H2,1-3H3/b8-7-. The number of benzene rings is 1. The molecular formula is C15H22O4. The van der Waals surface area contributed by atoms with Gasteiger partial charge in [0.2, 0.25) is 0 Å². The Morgan fingerprint density at radius 1 is 1.00 bits per heavy atom. The Morgan fingerprint density at radius 2 is 1.63 bits per heavy atom. The molecule has 0 spiro atoms. The van der Waals surface area contributed by atoms with Crippen LogP contribution in [0.25, 0.3) is 0 Å². The minimum atomic E-state index is -0.991. The number of hydrogen-bond donors (Lipinski definition) is 0. The summed E-state index contributed by atoms with van der Waals surface area (Å²) < 4.78 is 21.0.